The third kappa shape index (κ3) is 2.88. The van der Waals surface area contributed by atoms with Crippen LogP contribution in [0.4, 0.5) is 5.82 Å². The molecule has 0 aliphatic carbocycles. The lowest BCUT2D eigenvalue weighted by Gasteiger charge is -2.36. The molecule has 1 aliphatic heterocycles. The third-order valence-corrected chi connectivity index (χ3v) is 3.22. The molecule has 4 N–H and O–H groups in total. The number of nitrogens with two attached hydrogens (primary N) is 1. The van der Waals surface area contributed by atoms with Gasteiger partial charge in [0.2, 0.25) is 5.91 Å². The first-order valence-electron chi connectivity index (χ1n) is 6.65. The topological polar surface area (TPSA) is 100 Å². The summed E-state index contributed by atoms with van der Waals surface area (Å²) in [4.78, 5) is 29.7. The Morgan fingerprint density at radius 1 is 1.60 bits per heavy atom. The Balaban J connectivity index is 2.33. The van der Waals surface area contributed by atoms with Crippen LogP contribution >= 0.6 is 0 Å². The van der Waals surface area contributed by atoms with Gasteiger partial charge >= 0.3 is 0 Å². The minimum Gasteiger partial charge on any atom is -0.365 e. The first-order valence-corrected chi connectivity index (χ1v) is 6.65. The molecule has 2 rings (SSSR count). The number of nitrogens with one attached hydrogen (secondary N) is 2. The number of amides is 2. The zero-order valence-electron chi connectivity index (χ0n) is 11.4. The zero-order chi connectivity index (χ0) is 14.5. The van der Waals surface area contributed by atoms with Crippen molar-refractivity contribution in [1.29, 1.82) is 0 Å². The Morgan fingerprint density at radius 3 is 3.10 bits per heavy atom. The van der Waals surface area contributed by atoms with Crippen molar-refractivity contribution in [3.8, 4) is 0 Å². The monoisotopic (exact) mass is 277 g/mol. The largest absolute Gasteiger partial charge is 0.365 e. The van der Waals surface area contributed by atoms with Gasteiger partial charge in [0.15, 0.2) is 0 Å². The number of pyridine rings is 1. The van der Waals surface area contributed by atoms with Crippen molar-refractivity contribution < 1.29 is 9.59 Å². The van der Waals surface area contributed by atoms with E-state index in [0.29, 0.717) is 31.0 Å². The normalized spacial score (nSPS) is 18.6. The number of anilines is 1. The van der Waals surface area contributed by atoms with E-state index in [9.17, 15) is 9.59 Å². The van der Waals surface area contributed by atoms with Crippen molar-refractivity contribution in [3.05, 3.63) is 23.9 Å². The van der Waals surface area contributed by atoms with Gasteiger partial charge in [-0.05, 0) is 19.1 Å². The number of aromatic nitrogens is 1. The van der Waals surface area contributed by atoms with Crippen LogP contribution in [-0.2, 0) is 4.79 Å². The molecular weight excluding hydrogens is 258 g/mol. The lowest BCUT2D eigenvalue weighted by Crippen LogP contribution is -2.58. The van der Waals surface area contributed by atoms with E-state index < -0.39 is 11.9 Å². The maximum atomic E-state index is 12.1. The van der Waals surface area contributed by atoms with Gasteiger partial charge in [-0.2, -0.15) is 0 Å². The Morgan fingerprint density at radius 2 is 2.40 bits per heavy atom. The molecule has 1 aromatic rings. The van der Waals surface area contributed by atoms with Gasteiger partial charge < -0.3 is 21.3 Å². The molecule has 2 amide bonds. The van der Waals surface area contributed by atoms with Crippen LogP contribution in [0.15, 0.2) is 18.3 Å². The van der Waals surface area contributed by atoms with Crippen LogP contribution in [0.1, 0.15) is 17.3 Å². The molecule has 7 heteroatoms. The number of carbonyl (C=O) groups excluding carboxylic acids is 2. The fraction of sp³-hybridized carbons (Fsp3) is 0.462. The highest BCUT2D eigenvalue weighted by molar-refractivity contribution is 5.98. The summed E-state index contributed by atoms with van der Waals surface area (Å²) in [6.07, 6.45) is 1.60. The summed E-state index contributed by atoms with van der Waals surface area (Å²) < 4.78 is 0. The molecule has 0 radical (unpaired) electrons. The molecule has 0 spiro atoms. The molecular formula is C13H19N5O2. The molecule has 7 nitrogen and oxygen atoms in total. The van der Waals surface area contributed by atoms with Gasteiger partial charge in [-0.1, -0.05) is 0 Å². The van der Waals surface area contributed by atoms with Gasteiger partial charge in [0.05, 0.1) is 5.56 Å². The predicted molar refractivity (Wildman–Crippen MR) is 75.4 cm³/mol. The van der Waals surface area contributed by atoms with Crippen LogP contribution in [0.2, 0.25) is 0 Å². The van der Waals surface area contributed by atoms with Crippen LogP contribution in [0, 0.1) is 0 Å². The van der Waals surface area contributed by atoms with Crippen molar-refractivity contribution in [2.75, 3.05) is 31.1 Å². The van der Waals surface area contributed by atoms with Crippen molar-refractivity contribution in [2.24, 2.45) is 5.73 Å². The van der Waals surface area contributed by atoms with Crippen molar-refractivity contribution in [1.82, 2.24) is 15.6 Å². The Bertz CT molecular complexity index is 505. The number of rotatable bonds is 4. The van der Waals surface area contributed by atoms with E-state index in [1.54, 1.807) is 18.3 Å². The minimum absolute atomic E-state index is 0.0826. The van der Waals surface area contributed by atoms with Gasteiger partial charge in [-0.25, -0.2) is 4.98 Å². The lowest BCUT2D eigenvalue weighted by molar-refractivity contribution is -0.122. The standard InChI is InChI=1S/C13H19N5O2/c1-2-16-13(20)10-8-15-6-7-18(10)12-9(11(14)19)4-3-5-17-12/h3-5,10,15H,2,6-8H2,1H3,(H2,14,19)(H,16,20). The molecule has 20 heavy (non-hydrogen) atoms. The first kappa shape index (κ1) is 14.3. The molecule has 0 aromatic carbocycles. The maximum absolute atomic E-state index is 12.1. The van der Waals surface area contributed by atoms with Crippen LogP contribution < -0.4 is 21.3 Å². The molecule has 1 saturated heterocycles. The fourth-order valence-corrected chi connectivity index (χ4v) is 2.30. The van der Waals surface area contributed by atoms with Gasteiger partial charge in [-0.3, -0.25) is 9.59 Å². The molecule has 1 fully saturated rings. The molecule has 2 heterocycles. The van der Waals surface area contributed by atoms with Crippen molar-refractivity contribution in [2.45, 2.75) is 13.0 Å². The third-order valence-electron chi connectivity index (χ3n) is 3.22. The molecule has 1 unspecified atom stereocenters. The first-order chi connectivity index (χ1) is 9.65. The van der Waals surface area contributed by atoms with Crippen LogP contribution in [0.25, 0.3) is 0 Å². The van der Waals surface area contributed by atoms with E-state index in [0.717, 1.165) is 6.54 Å². The highest BCUT2D eigenvalue weighted by Gasteiger charge is 2.31. The highest BCUT2D eigenvalue weighted by Crippen LogP contribution is 2.20. The van der Waals surface area contributed by atoms with Gasteiger partial charge in [0, 0.05) is 32.4 Å². The van der Waals surface area contributed by atoms with E-state index in [2.05, 4.69) is 15.6 Å². The molecule has 0 bridgehead atoms. The van der Waals surface area contributed by atoms with Crippen LogP contribution in [-0.4, -0.2) is 49.0 Å². The second-order valence-electron chi connectivity index (χ2n) is 4.55. The average Bonchev–Trinajstić information content (AvgIpc) is 2.47. The number of hydrogen-bond donors (Lipinski definition) is 3. The number of likely N-dealkylation sites (N-methyl/N-ethyl adjacent to an activating group) is 1. The Kier molecular flexibility index (Phi) is 4.52. The number of piperazine rings is 1. The van der Waals surface area contributed by atoms with Crippen LogP contribution in [0.3, 0.4) is 0 Å². The Hall–Kier alpha value is -2.15. The van der Waals surface area contributed by atoms with Gasteiger partial charge in [0.1, 0.15) is 11.9 Å². The van der Waals surface area contributed by atoms with Gasteiger partial charge in [0.25, 0.3) is 5.91 Å². The maximum Gasteiger partial charge on any atom is 0.252 e. The average molecular weight is 277 g/mol. The fourth-order valence-electron chi connectivity index (χ4n) is 2.30. The summed E-state index contributed by atoms with van der Waals surface area (Å²) in [5.41, 5.74) is 5.72. The second kappa shape index (κ2) is 6.33. The molecule has 0 saturated carbocycles. The summed E-state index contributed by atoms with van der Waals surface area (Å²) >= 11 is 0. The molecule has 1 atom stereocenters. The predicted octanol–water partition coefficient (Wildman–Crippen LogP) is -0.905. The quantitative estimate of drug-likeness (QED) is 0.662. The van der Waals surface area contributed by atoms with E-state index in [1.165, 1.54) is 0 Å². The molecule has 108 valence electrons. The number of nitrogens with zero attached hydrogens (tertiary/aromatic N) is 2. The minimum atomic E-state index is -0.540. The number of carbonyl (C=O) groups is 2. The second-order valence-corrected chi connectivity index (χ2v) is 4.55. The summed E-state index contributed by atoms with van der Waals surface area (Å²) in [5, 5.41) is 5.98. The van der Waals surface area contributed by atoms with E-state index >= 15 is 0 Å². The van der Waals surface area contributed by atoms with Crippen molar-refractivity contribution in [3.63, 3.8) is 0 Å². The number of hydrogen-bond acceptors (Lipinski definition) is 5. The van der Waals surface area contributed by atoms with E-state index in [-0.39, 0.29) is 5.91 Å². The Labute approximate surface area is 117 Å². The smallest absolute Gasteiger partial charge is 0.252 e. The van der Waals surface area contributed by atoms with Crippen molar-refractivity contribution >= 4 is 17.6 Å². The van der Waals surface area contributed by atoms with E-state index in [4.69, 9.17) is 5.73 Å². The molecule has 1 aromatic heterocycles. The SMILES string of the molecule is CCNC(=O)C1CNCCN1c1ncccc1C(N)=O. The lowest BCUT2D eigenvalue weighted by atomic mass is 10.1. The summed E-state index contributed by atoms with van der Waals surface area (Å²) in [5.74, 6) is -0.153. The molecule has 1 aliphatic rings. The summed E-state index contributed by atoms with van der Waals surface area (Å²) in [6.45, 7) is 4.27. The van der Waals surface area contributed by atoms with Gasteiger partial charge in [-0.15, -0.1) is 0 Å². The summed E-state index contributed by atoms with van der Waals surface area (Å²) in [6, 6.07) is 2.89. The van der Waals surface area contributed by atoms with Crippen LogP contribution in [0.5, 0.6) is 0 Å². The zero-order valence-corrected chi connectivity index (χ0v) is 11.4. The summed E-state index contributed by atoms with van der Waals surface area (Å²) in [7, 11) is 0. The number of primary amides is 1. The highest BCUT2D eigenvalue weighted by atomic mass is 16.2. The van der Waals surface area contributed by atoms with E-state index in [1.807, 2.05) is 11.8 Å².